The highest BCUT2D eigenvalue weighted by Crippen LogP contribution is 2.79. The largest absolute Gasteiger partial charge is 0.386 e. The maximum Gasteiger partial charge on any atom is 0.107 e. The van der Waals surface area contributed by atoms with Crippen LogP contribution in [0.5, 0.6) is 0 Å². The monoisotopic (exact) mass is 248 g/mol. The summed E-state index contributed by atoms with van der Waals surface area (Å²) in [4.78, 5) is 0. The van der Waals surface area contributed by atoms with Crippen molar-refractivity contribution in [3.8, 4) is 0 Å². The average Bonchev–Trinajstić information content (AvgIpc) is 2.77. The van der Waals surface area contributed by atoms with Crippen molar-refractivity contribution in [3.63, 3.8) is 0 Å². The third-order valence-electron chi connectivity index (χ3n) is 7.41. The first-order valence-electron chi connectivity index (χ1n) is 7.42. The van der Waals surface area contributed by atoms with Gasteiger partial charge >= 0.3 is 0 Å². The lowest BCUT2D eigenvalue weighted by atomic mass is 9.61. The van der Waals surface area contributed by atoms with Crippen molar-refractivity contribution in [1.82, 2.24) is 0 Å². The maximum absolute atomic E-state index is 11.5. The number of hydrogen-bond acceptors (Lipinski definition) is 2. The molecule has 4 rings (SSSR count). The molecule has 3 fully saturated rings. The molecule has 0 saturated heterocycles. The van der Waals surface area contributed by atoms with E-state index in [0.29, 0.717) is 17.3 Å². The van der Waals surface area contributed by atoms with E-state index < -0.39 is 5.60 Å². The van der Waals surface area contributed by atoms with E-state index in [1.807, 2.05) is 0 Å². The Bertz CT molecular complexity index is 431. The van der Waals surface area contributed by atoms with Crippen LogP contribution in [-0.2, 0) is 4.74 Å². The van der Waals surface area contributed by atoms with E-state index in [0.717, 1.165) is 5.92 Å². The predicted molar refractivity (Wildman–Crippen MR) is 70.0 cm³/mol. The van der Waals surface area contributed by atoms with Crippen molar-refractivity contribution in [1.29, 1.82) is 0 Å². The van der Waals surface area contributed by atoms with Crippen LogP contribution in [-0.4, -0.2) is 23.9 Å². The van der Waals surface area contributed by atoms with Crippen molar-refractivity contribution < 1.29 is 9.84 Å². The molecule has 0 aromatic heterocycles. The van der Waals surface area contributed by atoms with E-state index in [4.69, 9.17) is 4.74 Å². The molecular weight excluding hydrogens is 224 g/mol. The highest BCUT2D eigenvalue weighted by atomic mass is 16.5. The van der Waals surface area contributed by atoms with Crippen molar-refractivity contribution in [2.24, 2.45) is 28.6 Å². The van der Waals surface area contributed by atoms with Gasteiger partial charge in [0.25, 0.3) is 0 Å². The fourth-order valence-electron chi connectivity index (χ4n) is 6.58. The standard InChI is InChI=1S/C16H24O2/c1-14-8-4-5-10-9-15(14,2)16(17)11(13(10)14)6-7-12(16)18-3/h6-7,10-13,17H,4-5,8-9H2,1-3H3. The molecule has 2 heteroatoms. The van der Waals surface area contributed by atoms with Crippen LogP contribution in [0.15, 0.2) is 12.2 Å². The fraction of sp³-hybridized carbons (Fsp3) is 0.875. The van der Waals surface area contributed by atoms with Crippen LogP contribution >= 0.6 is 0 Å². The summed E-state index contributed by atoms with van der Waals surface area (Å²) in [5.41, 5.74) is -0.306. The summed E-state index contributed by atoms with van der Waals surface area (Å²) in [5, 5.41) is 11.5. The van der Waals surface area contributed by atoms with E-state index in [1.165, 1.54) is 25.7 Å². The summed E-state index contributed by atoms with van der Waals surface area (Å²) in [7, 11) is 1.74. The minimum atomic E-state index is -0.651. The van der Waals surface area contributed by atoms with Gasteiger partial charge in [-0.25, -0.2) is 0 Å². The highest BCUT2D eigenvalue weighted by molar-refractivity contribution is 5.36. The van der Waals surface area contributed by atoms with E-state index in [-0.39, 0.29) is 11.5 Å². The van der Waals surface area contributed by atoms with Crippen LogP contribution in [0.1, 0.15) is 39.5 Å². The number of aliphatic hydroxyl groups is 1. The molecule has 0 heterocycles. The molecule has 0 spiro atoms. The Labute approximate surface area is 109 Å². The number of ether oxygens (including phenoxy) is 1. The van der Waals surface area contributed by atoms with Crippen molar-refractivity contribution in [3.05, 3.63) is 12.2 Å². The van der Waals surface area contributed by atoms with Gasteiger partial charge in [0, 0.05) is 18.4 Å². The summed E-state index contributed by atoms with van der Waals surface area (Å²) in [6.07, 6.45) is 9.47. The minimum absolute atomic E-state index is 0.0284. The van der Waals surface area contributed by atoms with Crippen LogP contribution in [0.25, 0.3) is 0 Å². The van der Waals surface area contributed by atoms with Gasteiger partial charge in [0.05, 0.1) is 0 Å². The Morgan fingerprint density at radius 2 is 2.06 bits per heavy atom. The molecule has 4 aliphatic rings. The van der Waals surface area contributed by atoms with Crippen LogP contribution in [0.2, 0.25) is 0 Å². The molecule has 4 aliphatic carbocycles. The van der Waals surface area contributed by atoms with Gasteiger partial charge in [0.1, 0.15) is 11.7 Å². The third-order valence-corrected chi connectivity index (χ3v) is 7.41. The van der Waals surface area contributed by atoms with Crippen LogP contribution in [0, 0.1) is 28.6 Å². The third kappa shape index (κ3) is 0.857. The normalized spacial score (nSPS) is 64.4. The van der Waals surface area contributed by atoms with Gasteiger partial charge in [0.15, 0.2) is 0 Å². The summed E-state index contributed by atoms with van der Waals surface area (Å²) in [5.74, 6) is 1.84. The Kier molecular flexibility index (Phi) is 1.94. The molecule has 7 unspecified atom stereocenters. The smallest absolute Gasteiger partial charge is 0.107 e. The molecule has 3 saturated carbocycles. The zero-order valence-electron chi connectivity index (χ0n) is 11.6. The Balaban J connectivity index is 1.90. The predicted octanol–water partition coefficient (Wildman–Crippen LogP) is 2.76. The molecule has 4 bridgehead atoms. The van der Waals surface area contributed by atoms with E-state index >= 15 is 0 Å². The van der Waals surface area contributed by atoms with E-state index in [9.17, 15) is 5.11 Å². The molecule has 100 valence electrons. The molecule has 18 heavy (non-hydrogen) atoms. The number of fused-ring (bicyclic) bond motifs is 2. The molecule has 1 N–H and O–H groups in total. The Morgan fingerprint density at radius 1 is 1.28 bits per heavy atom. The maximum atomic E-state index is 11.5. The van der Waals surface area contributed by atoms with Gasteiger partial charge in [-0.2, -0.15) is 0 Å². The second-order valence-electron chi connectivity index (χ2n) is 7.52. The first-order chi connectivity index (χ1) is 8.49. The quantitative estimate of drug-likeness (QED) is 0.723. The average molecular weight is 248 g/mol. The Morgan fingerprint density at radius 3 is 2.78 bits per heavy atom. The second kappa shape index (κ2) is 3.04. The van der Waals surface area contributed by atoms with Gasteiger partial charge in [-0.3, -0.25) is 0 Å². The van der Waals surface area contributed by atoms with Gasteiger partial charge in [-0.05, 0) is 30.1 Å². The van der Waals surface area contributed by atoms with Crippen LogP contribution in [0.4, 0.5) is 0 Å². The fourth-order valence-corrected chi connectivity index (χ4v) is 6.58. The molecule has 0 aliphatic heterocycles. The van der Waals surface area contributed by atoms with Crippen molar-refractivity contribution in [2.75, 3.05) is 7.11 Å². The lowest BCUT2D eigenvalue weighted by Gasteiger charge is -2.48. The molecule has 7 atom stereocenters. The summed E-state index contributed by atoms with van der Waals surface area (Å²) in [6.45, 7) is 4.78. The molecule has 2 nitrogen and oxygen atoms in total. The molecule has 0 aromatic carbocycles. The van der Waals surface area contributed by atoms with Gasteiger partial charge in [0.2, 0.25) is 0 Å². The van der Waals surface area contributed by atoms with E-state index in [2.05, 4.69) is 26.0 Å². The summed E-state index contributed by atoms with van der Waals surface area (Å²) in [6, 6.07) is 0. The second-order valence-corrected chi connectivity index (χ2v) is 7.52. The first-order valence-corrected chi connectivity index (χ1v) is 7.42. The number of rotatable bonds is 1. The molecular formula is C16H24O2. The Hall–Kier alpha value is -0.340. The van der Waals surface area contributed by atoms with E-state index in [1.54, 1.807) is 7.11 Å². The van der Waals surface area contributed by atoms with Gasteiger partial charge < -0.3 is 9.84 Å². The zero-order valence-corrected chi connectivity index (χ0v) is 11.6. The number of hydrogen-bond donors (Lipinski definition) is 1. The minimum Gasteiger partial charge on any atom is -0.386 e. The molecule has 0 aromatic rings. The lowest BCUT2D eigenvalue weighted by molar-refractivity contribution is -0.167. The van der Waals surface area contributed by atoms with Gasteiger partial charge in [-0.1, -0.05) is 38.8 Å². The summed E-state index contributed by atoms with van der Waals surface area (Å²) < 4.78 is 5.60. The molecule has 0 amide bonds. The topological polar surface area (TPSA) is 29.5 Å². The van der Waals surface area contributed by atoms with Crippen LogP contribution in [0.3, 0.4) is 0 Å². The zero-order chi connectivity index (χ0) is 12.8. The van der Waals surface area contributed by atoms with Gasteiger partial charge in [-0.15, -0.1) is 0 Å². The lowest BCUT2D eigenvalue weighted by Crippen LogP contribution is -2.57. The van der Waals surface area contributed by atoms with Crippen LogP contribution < -0.4 is 0 Å². The molecule has 0 radical (unpaired) electrons. The van der Waals surface area contributed by atoms with Crippen molar-refractivity contribution >= 4 is 0 Å². The summed E-state index contributed by atoms with van der Waals surface area (Å²) >= 11 is 0. The first kappa shape index (κ1) is 11.5. The SMILES string of the molecule is COC1C=CC2C3C4CCCC3(C)C(C)(C4)C12O. The number of methoxy groups -OCH3 is 1. The van der Waals surface area contributed by atoms with Crippen molar-refractivity contribution in [2.45, 2.75) is 51.2 Å². The highest BCUT2D eigenvalue weighted by Gasteiger charge is 2.79.